The Bertz CT molecular complexity index is 711. The first-order valence-corrected chi connectivity index (χ1v) is 6.37. The molecule has 0 saturated heterocycles. The van der Waals surface area contributed by atoms with E-state index in [1.807, 2.05) is 14.1 Å². The third-order valence-corrected chi connectivity index (χ3v) is 3.13. The van der Waals surface area contributed by atoms with Crippen molar-refractivity contribution in [1.29, 1.82) is 0 Å². The lowest BCUT2D eigenvalue weighted by molar-refractivity contribution is 0.0660. The Morgan fingerprint density at radius 1 is 1.05 bits per heavy atom. The number of benzene rings is 1. The number of carbonyl (C=O) groups excluding carboxylic acids is 2. The van der Waals surface area contributed by atoms with Crippen LogP contribution in [0.25, 0.3) is 0 Å². The van der Waals surface area contributed by atoms with Crippen LogP contribution < -0.4 is 4.90 Å². The standard InChI is InChI=1S/C15H13N3O3/c1-17(2)13-8-7-10(21-13)9-16-18-14(19)11-5-3-4-6-12(11)15(18)20/h3-9H,1-2H3/b16-9-. The number of hydrazone groups is 1. The predicted molar refractivity (Wildman–Crippen MR) is 77.6 cm³/mol. The molecule has 0 aliphatic carbocycles. The zero-order valence-corrected chi connectivity index (χ0v) is 11.6. The maximum Gasteiger partial charge on any atom is 0.282 e. The molecule has 1 aliphatic heterocycles. The molecular weight excluding hydrogens is 270 g/mol. The van der Waals surface area contributed by atoms with Gasteiger partial charge in [-0.2, -0.15) is 10.1 Å². The van der Waals surface area contributed by atoms with Crippen molar-refractivity contribution in [2.75, 3.05) is 19.0 Å². The summed E-state index contributed by atoms with van der Waals surface area (Å²) >= 11 is 0. The van der Waals surface area contributed by atoms with E-state index in [9.17, 15) is 9.59 Å². The normalized spacial score (nSPS) is 14.1. The number of furan rings is 1. The highest BCUT2D eigenvalue weighted by atomic mass is 16.4. The smallest absolute Gasteiger partial charge is 0.282 e. The monoisotopic (exact) mass is 283 g/mol. The fraction of sp³-hybridized carbons (Fsp3) is 0.133. The second-order valence-electron chi connectivity index (χ2n) is 4.78. The molecule has 0 saturated carbocycles. The number of fused-ring (bicyclic) bond motifs is 1. The van der Waals surface area contributed by atoms with Crippen molar-refractivity contribution >= 4 is 23.9 Å². The van der Waals surface area contributed by atoms with Crippen molar-refractivity contribution < 1.29 is 14.0 Å². The van der Waals surface area contributed by atoms with Gasteiger partial charge >= 0.3 is 0 Å². The Labute approximate surface area is 121 Å². The number of hydrogen-bond donors (Lipinski definition) is 0. The van der Waals surface area contributed by atoms with Gasteiger partial charge in [0.15, 0.2) is 5.88 Å². The van der Waals surface area contributed by atoms with E-state index in [4.69, 9.17) is 4.42 Å². The van der Waals surface area contributed by atoms with Gasteiger partial charge < -0.3 is 9.32 Å². The lowest BCUT2D eigenvalue weighted by atomic mass is 10.1. The number of hydrogen-bond acceptors (Lipinski definition) is 5. The van der Waals surface area contributed by atoms with Gasteiger partial charge in [0.05, 0.1) is 17.3 Å². The summed E-state index contributed by atoms with van der Waals surface area (Å²) in [5.74, 6) is 0.284. The van der Waals surface area contributed by atoms with Crippen LogP contribution in [0.1, 0.15) is 26.5 Å². The van der Waals surface area contributed by atoms with Gasteiger partial charge in [-0.25, -0.2) is 0 Å². The highest BCUT2D eigenvalue weighted by Gasteiger charge is 2.35. The SMILES string of the molecule is CN(C)c1ccc(/C=N\N2C(=O)c3ccccc3C2=O)o1. The number of imide groups is 1. The topological polar surface area (TPSA) is 66.1 Å². The molecule has 2 aromatic rings. The van der Waals surface area contributed by atoms with Gasteiger partial charge in [-0.1, -0.05) is 12.1 Å². The minimum atomic E-state index is -0.425. The van der Waals surface area contributed by atoms with Gasteiger partial charge in [0.2, 0.25) is 0 Å². The van der Waals surface area contributed by atoms with Crippen LogP contribution in [0, 0.1) is 0 Å². The first kappa shape index (κ1) is 13.1. The van der Waals surface area contributed by atoms with Gasteiger partial charge in [0, 0.05) is 20.2 Å². The van der Waals surface area contributed by atoms with Crippen molar-refractivity contribution in [2.45, 2.75) is 0 Å². The molecule has 1 aromatic heterocycles. The molecule has 2 amide bonds. The molecule has 3 rings (SSSR count). The molecule has 6 heteroatoms. The second kappa shape index (κ2) is 4.90. The van der Waals surface area contributed by atoms with E-state index in [2.05, 4.69) is 5.10 Å². The van der Waals surface area contributed by atoms with Crippen LogP contribution >= 0.6 is 0 Å². The number of amides is 2. The van der Waals surface area contributed by atoms with Gasteiger partial charge in [-0.05, 0) is 18.2 Å². The van der Waals surface area contributed by atoms with Gasteiger partial charge in [-0.15, -0.1) is 0 Å². The summed E-state index contributed by atoms with van der Waals surface area (Å²) in [6.07, 6.45) is 1.36. The minimum absolute atomic E-state index is 0.369. The summed E-state index contributed by atoms with van der Waals surface area (Å²) in [4.78, 5) is 26.0. The Morgan fingerprint density at radius 3 is 2.19 bits per heavy atom. The summed E-state index contributed by atoms with van der Waals surface area (Å²) in [5.41, 5.74) is 0.737. The number of rotatable bonds is 3. The first-order valence-electron chi connectivity index (χ1n) is 6.37. The fourth-order valence-electron chi connectivity index (χ4n) is 2.05. The third kappa shape index (κ3) is 2.20. The van der Waals surface area contributed by atoms with Crippen LogP contribution in [0.4, 0.5) is 5.88 Å². The van der Waals surface area contributed by atoms with Crippen LogP contribution in [0.5, 0.6) is 0 Å². The van der Waals surface area contributed by atoms with Crippen molar-refractivity contribution in [3.8, 4) is 0 Å². The van der Waals surface area contributed by atoms with Gasteiger partial charge in [-0.3, -0.25) is 9.59 Å². The largest absolute Gasteiger partial charge is 0.440 e. The fourth-order valence-corrected chi connectivity index (χ4v) is 2.05. The average Bonchev–Trinajstić information content (AvgIpc) is 3.03. The van der Waals surface area contributed by atoms with Crippen molar-refractivity contribution in [3.63, 3.8) is 0 Å². The van der Waals surface area contributed by atoms with Gasteiger partial charge in [0.1, 0.15) is 5.76 Å². The molecule has 0 unspecified atom stereocenters. The summed E-state index contributed by atoms with van der Waals surface area (Å²) in [6, 6.07) is 10.2. The number of carbonyl (C=O) groups is 2. The molecule has 6 nitrogen and oxygen atoms in total. The maximum atomic E-state index is 12.1. The molecule has 0 spiro atoms. The van der Waals surface area contributed by atoms with E-state index in [0.717, 1.165) is 5.01 Å². The van der Waals surface area contributed by atoms with E-state index in [-0.39, 0.29) is 0 Å². The molecule has 0 bridgehead atoms. The Morgan fingerprint density at radius 2 is 1.67 bits per heavy atom. The molecule has 2 heterocycles. The van der Waals surface area contributed by atoms with E-state index in [1.165, 1.54) is 6.21 Å². The van der Waals surface area contributed by atoms with Crippen LogP contribution in [0.2, 0.25) is 0 Å². The Balaban J connectivity index is 1.84. The van der Waals surface area contributed by atoms with Crippen LogP contribution in [-0.4, -0.2) is 37.1 Å². The van der Waals surface area contributed by atoms with Crippen LogP contribution in [-0.2, 0) is 0 Å². The molecule has 106 valence electrons. The third-order valence-electron chi connectivity index (χ3n) is 3.13. The summed E-state index contributed by atoms with van der Waals surface area (Å²) < 4.78 is 5.48. The molecule has 0 radical (unpaired) electrons. The zero-order chi connectivity index (χ0) is 15.0. The van der Waals surface area contributed by atoms with E-state index in [0.29, 0.717) is 22.8 Å². The Hall–Kier alpha value is -2.89. The molecule has 0 fully saturated rings. The van der Waals surface area contributed by atoms with Crippen molar-refractivity contribution in [3.05, 3.63) is 53.3 Å². The second-order valence-corrected chi connectivity index (χ2v) is 4.78. The average molecular weight is 283 g/mol. The molecular formula is C15H13N3O3. The lowest BCUT2D eigenvalue weighted by Gasteiger charge is -2.06. The van der Waals surface area contributed by atoms with Crippen molar-refractivity contribution in [1.82, 2.24) is 5.01 Å². The zero-order valence-electron chi connectivity index (χ0n) is 11.6. The molecule has 1 aromatic carbocycles. The minimum Gasteiger partial charge on any atom is -0.440 e. The lowest BCUT2D eigenvalue weighted by Crippen LogP contribution is -2.23. The van der Waals surface area contributed by atoms with Crippen molar-refractivity contribution in [2.24, 2.45) is 5.10 Å². The van der Waals surface area contributed by atoms with Crippen LogP contribution in [0.3, 0.4) is 0 Å². The number of anilines is 1. The van der Waals surface area contributed by atoms with Crippen LogP contribution in [0.15, 0.2) is 45.9 Å². The van der Waals surface area contributed by atoms with E-state index in [1.54, 1.807) is 41.3 Å². The highest BCUT2D eigenvalue weighted by molar-refractivity contribution is 6.21. The molecule has 0 atom stereocenters. The summed E-state index contributed by atoms with van der Waals surface area (Å²) in [6.45, 7) is 0. The molecule has 1 aliphatic rings. The molecule has 21 heavy (non-hydrogen) atoms. The van der Waals surface area contributed by atoms with Gasteiger partial charge in [0.25, 0.3) is 11.8 Å². The Kier molecular flexibility index (Phi) is 3.06. The quantitative estimate of drug-likeness (QED) is 0.638. The van der Waals surface area contributed by atoms with E-state index >= 15 is 0 Å². The number of nitrogens with zero attached hydrogens (tertiary/aromatic N) is 3. The maximum absolute atomic E-state index is 12.1. The summed E-state index contributed by atoms with van der Waals surface area (Å²) in [7, 11) is 3.70. The predicted octanol–water partition coefficient (Wildman–Crippen LogP) is 1.98. The van der Waals surface area contributed by atoms with E-state index < -0.39 is 11.8 Å². The summed E-state index contributed by atoms with van der Waals surface area (Å²) in [5, 5.41) is 4.79. The molecule has 0 N–H and O–H groups in total. The first-order chi connectivity index (χ1) is 10.1. The highest BCUT2D eigenvalue weighted by Crippen LogP contribution is 2.22.